The van der Waals surface area contributed by atoms with Crippen molar-refractivity contribution < 1.29 is 19.4 Å². The van der Waals surface area contributed by atoms with Gasteiger partial charge in [-0.15, -0.1) is 0 Å². The average Bonchev–Trinajstić information content (AvgIpc) is 3.27. The third kappa shape index (κ3) is 6.42. The lowest BCUT2D eigenvalue weighted by Gasteiger charge is -2.44. The maximum absolute atomic E-state index is 14.3. The van der Waals surface area contributed by atoms with E-state index in [0.717, 1.165) is 47.5 Å². The minimum absolute atomic E-state index is 0.0313. The van der Waals surface area contributed by atoms with Crippen molar-refractivity contribution in [2.24, 2.45) is 5.92 Å². The molecule has 1 N–H and O–H groups in total. The number of hydrogen-bond donors (Lipinski definition) is 1. The predicted octanol–water partition coefficient (Wildman–Crippen LogP) is 6.38. The monoisotopic (exact) mass is 583 g/mol. The lowest BCUT2D eigenvalue weighted by Crippen LogP contribution is -2.46. The van der Waals surface area contributed by atoms with Crippen molar-refractivity contribution in [2.45, 2.75) is 57.0 Å². The molecule has 43 heavy (non-hydrogen) atoms. The van der Waals surface area contributed by atoms with Crippen molar-refractivity contribution >= 4 is 17.6 Å². The number of likely N-dealkylation sites (N-methyl/N-ethyl adjacent to an activating group) is 1. The van der Waals surface area contributed by atoms with Crippen LogP contribution >= 0.6 is 0 Å². The highest BCUT2D eigenvalue weighted by Crippen LogP contribution is 2.59. The van der Waals surface area contributed by atoms with E-state index < -0.39 is 5.97 Å². The van der Waals surface area contributed by atoms with E-state index in [1.54, 1.807) is 19.2 Å². The van der Waals surface area contributed by atoms with E-state index in [4.69, 9.17) is 4.74 Å². The number of aromatic carboxylic acids is 1. The van der Waals surface area contributed by atoms with E-state index in [9.17, 15) is 14.7 Å². The summed E-state index contributed by atoms with van der Waals surface area (Å²) in [6.07, 6.45) is 5.86. The van der Waals surface area contributed by atoms with Gasteiger partial charge in [0.2, 0.25) is 5.91 Å². The van der Waals surface area contributed by atoms with Crippen LogP contribution in [0.4, 0.5) is 5.69 Å². The second-order valence-electron chi connectivity index (χ2n) is 12.6. The molecule has 1 amide bonds. The van der Waals surface area contributed by atoms with Gasteiger partial charge in [-0.25, -0.2) is 4.79 Å². The molecule has 2 atom stereocenters. The number of fused-ring (bicyclic) bond motifs is 1. The van der Waals surface area contributed by atoms with E-state index in [-0.39, 0.29) is 29.5 Å². The van der Waals surface area contributed by atoms with Crippen molar-refractivity contribution in [3.8, 4) is 5.75 Å². The fraction of sp³-hybridized carbons (Fsp3) is 0.444. The highest BCUT2D eigenvalue weighted by Gasteiger charge is 2.53. The SMILES string of the molecule is COc1ccc(C2N(CC(=O)N(CCN(C)C)Cc3ccccc3)c3cc(C(=O)O)ccc3C2(C)C2CCCCC2)cc1. The molecular formula is C36H45N3O4. The topological polar surface area (TPSA) is 73.3 Å². The zero-order valence-electron chi connectivity index (χ0n) is 26.0. The molecule has 2 unspecified atom stereocenters. The van der Waals surface area contributed by atoms with Crippen LogP contribution < -0.4 is 9.64 Å². The largest absolute Gasteiger partial charge is 0.497 e. The maximum Gasteiger partial charge on any atom is 0.335 e. The summed E-state index contributed by atoms with van der Waals surface area (Å²) >= 11 is 0. The third-order valence-corrected chi connectivity index (χ3v) is 9.59. The van der Waals surface area contributed by atoms with Gasteiger partial charge in [0.05, 0.1) is 25.3 Å². The van der Waals surface area contributed by atoms with Crippen LogP contribution in [0.5, 0.6) is 5.75 Å². The molecule has 2 aliphatic rings. The summed E-state index contributed by atoms with van der Waals surface area (Å²) in [5.74, 6) is 0.269. The van der Waals surface area contributed by atoms with Crippen molar-refractivity contribution in [1.82, 2.24) is 9.80 Å². The number of hydrogen-bond acceptors (Lipinski definition) is 5. The maximum atomic E-state index is 14.3. The molecule has 7 nitrogen and oxygen atoms in total. The molecule has 228 valence electrons. The summed E-state index contributed by atoms with van der Waals surface area (Å²) in [7, 11) is 5.70. The van der Waals surface area contributed by atoms with Crippen molar-refractivity contribution in [2.75, 3.05) is 45.7 Å². The molecule has 1 aliphatic carbocycles. The van der Waals surface area contributed by atoms with Crippen LogP contribution in [0.3, 0.4) is 0 Å². The van der Waals surface area contributed by atoms with E-state index in [0.29, 0.717) is 19.0 Å². The van der Waals surface area contributed by atoms with Gasteiger partial charge < -0.3 is 24.5 Å². The molecule has 7 heteroatoms. The Bertz CT molecular complexity index is 1400. The van der Waals surface area contributed by atoms with Gasteiger partial charge in [0.1, 0.15) is 5.75 Å². The Balaban J connectivity index is 1.60. The Labute approximate surface area is 256 Å². The zero-order chi connectivity index (χ0) is 30.6. The van der Waals surface area contributed by atoms with Crippen LogP contribution in [0.25, 0.3) is 0 Å². The number of carbonyl (C=O) groups excluding carboxylic acids is 1. The highest BCUT2D eigenvalue weighted by atomic mass is 16.5. The van der Waals surface area contributed by atoms with Gasteiger partial charge in [0.15, 0.2) is 0 Å². The van der Waals surface area contributed by atoms with E-state index in [2.05, 4.69) is 41.0 Å². The van der Waals surface area contributed by atoms with E-state index in [1.165, 1.54) is 19.3 Å². The summed E-state index contributed by atoms with van der Waals surface area (Å²) in [5.41, 5.74) is 4.14. The summed E-state index contributed by atoms with van der Waals surface area (Å²) in [4.78, 5) is 32.7. The fourth-order valence-electron chi connectivity index (χ4n) is 7.26. The van der Waals surface area contributed by atoms with Crippen LogP contribution in [0.2, 0.25) is 0 Å². The minimum atomic E-state index is -0.960. The molecule has 0 aromatic heterocycles. The summed E-state index contributed by atoms with van der Waals surface area (Å²) in [6.45, 7) is 4.38. The molecular weight excluding hydrogens is 538 g/mol. The zero-order valence-corrected chi connectivity index (χ0v) is 26.0. The van der Waals surface area contributed by atoms with Gasteiger partial charge in [-0.05, 0) is 73.8 Å². The van der Waals surface area contributed by atoms with Gasteiger partial charge >= 0.3 is 5.97 Å². The smallest absolute Gasteiger partial charge is 0.335 e. The quantitative estimate of drug-likeness (QED) is 0.282. The standard InChI is InChI=1S/C36H45N3O4/c1-36(29-13-9-6-10-14-29)31-20-17-28(35(41)42)23-32(31)39(34(36)27-15-18-30(43-4)19-16-27)25-33(40)38(22-21-37(2)3)24-26-11-7-5-8-12-26/h5,7-8,11-12,15-20,23,29,34H,6,9-10,13-14,21-22,24-25H2,1-4H3,(H,41,42). The number of nitrogens with zero attached hydrogens (tertiary/aromatic N) is 3. The Hall–Kier alpha value is -3.84. The summed E-state index contributed by atoms with van der Waals surface area (Å²) < 4.78 is 5.49. The second kappa shape index (κ2) is 13.2. The molecule has 0 saturated heterocycles. The molecule has 1 saturated carbocycles. The number of amides is 1. The van der Waals surface area contributed by atoms with E-state index in [1.807, 2.05) is 55.4 Å². The summed E-state index contributed by atoms with van der Waals surface area (Å²) in [6, 6.07) is 23.7. The molecule has 1 aliphatic heterocycles. The average molecular weight is 584 g/mol. The summed E-state index contributed by atoms with van der Waals surface area (Å²) in [5, 5.41) is 9.97. The molecule has 0 bridgehead atoms. The molecule has 0 spiro atoms. The first-order chi connectivity index (χ1) is 20.7. The lowest BCUT2D eigenvalue weighted by molar-refractivity contribution is -0.130. The van der Waals surface area contributed by atoms with Crippen molar-refractivity contribution in [3.05, 3.63) is 95.1 Å². The Morgan fingerprint density at radius 2 is 1.65 bits per heavy atom. The van der Waals surface area contributed by atoms with Crippen LogP contribution in [-0.4, -0.2) is 67.6 Å². The van der Waals surface area contributed by atoms with Crippen molar-refractivity contribution in [1.29, 1.82) is 0 Å². The Morgan fingerprint density at radius 1 is 0.953 bits per heavy atom. The number of rotatable bonds is 11. The first-order valence-electron chi connectivity index (χ1n) is 15.5. The Morgan fingerprint density at radius 3 is 2.28 bits per heavy atom. The number of carboxylic acids is 1. The first-order valence-corrected chi connectivity index (χ1v) is 15.5. The van der Waals surface area contributed by atoms with Crippen LogP contribution in [0.15, 0.2) is 72.8 Å². The highest BCUT2D eigenvalue weighted by molar-refractivity contribution is 5.91. The predicted molar refractivity (Wildman–Crippen MR) is 171 cm³/mol. The third-order valence-electron chi connectivity index (χ3n) is 9.59. The molecule has 0 radical (unpaired) electrons. The lowest BCUT2D eigenvalue weighted by atomic mass is 9.62. The van der Waals surface area contributed by atoms with Gasteiger partial charge in [-0.1, -0.05) is 74.7 Å². The van der Waals surface area contributed by atoms with Gasteiger partial charge in [-0.2, -0.15) is 0 Å². The Kier molecular flexibility index (Phi) is 9.40. The van der Waals surface area contributed by atoms with Crippen LogP contribution in [0, 0.1) is 5.92 Å². The van der Waals surface area contributed by atoms with Gasteiger partial charge in [0.25, 0.3) is 0 Å². The molecule has 5 rings (SSSR count). The number of carbonyl (C=O) groups is 2. The van der Waals surface area contributed by atoms with Gasteiger partial charge in [0, 0.05) is 30.7 Å². The molecule has 1 heterocycles. The number of benzene rings is 3. The number of anilines is 1. The molecule has 1 fully saturated rings. The fourth-order valence-corrected chi connectivity index (χ4v) is 7.26. The van der Waals surface area contributed by atoms with Crippen LogP contribution in [-0.2, 0) is 16.8 Å². The number of ether oxygens (including phenoxy) is 1. The van der Waals surface area contributed by atoms with Crippen LogP contribution in [0.1, 0.15) is 72.1 Å². The molecule has 3 aromatic rings. The second-order valence-corrected chi connectivity index (χ2v) is 12.6. The number of carboxylic acid groups (broad SMARTS) is 1. The first kappa shape index (κ1) is 30.6. The molecule has 3 aromatic carbocycles. The number of methoxy groups -OCH3 is 1. The van der Waals surface area contributed by atoms with Crippen molar-refractivity contribution in [3.63, 3.8) is 0 Å². The normalized spacial score (nSPS) is 20.2. The van der Waals surface area contributed by atoms with Gasteiger partial charge in [-0.3, -0.25) is 4.79 Å². The van der Waals surface area contributed by atoms with E-state index >= 15 is 0 Å². The minimum Gasteiger partial charge on any atom is -0.497 e.